The van der Waals surface area contributed by atoms with Gasteiger partial charge < -0.3 is 15.0 Å². The molecule has 0 radical (unpaired) electrons. The van der Waals surface area contributed by atoms with Crippen molar-refractivity contribution < 1.29 is 9.13 Å². The number of benzene rings is 1. The summed E-state index contributed by atoms with van der Waals surface area (Å²) < 4.78 is 19.8. The Morgan fingerprint density at radius 1 is 1.19 bits per heavy atom. The summed E-state index contributed by atoms with van der Waals surface area (Å²) in [5, 5.41) is 13.1. The van der Waals surface area contributed by atoms with E-state index in [1.54, 1.807) is 13.0 Å². The number of morpholine rings is 1. The molecule has 168 valence electrons. The quantitative estimate of drug-likeness (QED) is 0.672. The molecule has 0 saturated carbocycles. The molecule has 7 nitrogen and oxygen atoms in total. The number of piperazine rings is 1. The first-order chi connectivity index (χ1) is 15.5. The second kappa shape index (κ2) is 8.60. The maximum atomic E-state index is 14.1. The van der Waals surface area contributed by atoms with Crippen LogP contribution in [0.4, 0.5) is 15.9 Å². The average molecular weight is 437 g/mol. The SMILES string of the molecule is Cc1c(F)cccc1[C@@H](C)Nc1nnc(C)c2ncc(N3CCN4CCOC[C@@H]4C3)cc12. The molecule has 3 aromatic rings. The monoisotopic (exact) mass is 436 g/mol. The van der Waals surface area contributed by atoms with Crippen molar-refractivity contribution in [3.05, 3.63) is 53.1 Å². The number of aromatic nitrogens is 3. The van der Waals surface area contributed by atoms with Crippen LogP contribution in [0.5, 0.6) is 0 Å². The molecule has 5 rings (SSSR count). The molecule has 2 saturated heterocycles. The van der Waals surface area contributed by atoms with E-state index < -0.39 is 0 Å². The first-order valence-corrected chi connectivity index (χ1v) is 11.2. The molecule has 2 aliphatic heterocycles. The van der Waals surface area contributed by atoms with Crippen molar-refractivity contribution in [2.45, 2.75) is 32.9 Å². The Bertz CT molecular complexity index is 1140. The largest absolute Gasteiger partial charge is 0.378 e. The van der Waals surface area contributed by atoms with Crippen LogP contribution < -0.4 is 10.2 Å². The minimum atomic E-state index is -0.203. The molecule has 0 aliphatic carbocycles. The third-order valence-electron chi connectivity index (χ3n) is 6.70. The number of fused-ring (bicyclic) bond motifs is 2. The second-order valence-corrected chi connectivity index (χ2v) is 8.75. The lowest BCUT2D eigenvalue weighted by atomic mass is 10.0. The van der Waals surface area contributed by atoms with Crippen LogP contribution in [0, 0.1) is 19.7 Å². The molecule has 2 fully saturated rings. The number of hydrogen-bond donors (Lipinski definition) is 1. The number of ether oxygens (including phenoxy) is 1. The molecular weight excluding hydrogens is 407 g/mol. The number of hydrogen-bond acceptors (Lipinski definition) is 7. The van der Waals surface area contributed by atoms with E-state index in [0.29, 0.717) is 17.4 Å². The van der Waals surface area contributed by atoms with Gasteiger partial charge in [0.05, 0.1) is 48.4 Å². The highest BCUT2D eigenvalue weighted by atomic mass is 19.1. The highest BCUT2D eigenvalue weighted by molar-refractivity contribution is 5.92. The number of aryl methyl sites for hydroxylation is 1. The average Bonchev–Trinajstić information content (AvgIpc) is 2.82. The van der Waals surface area contributed by atoms with Crippen molar-refractivity contribution in [2.75, 3.05) is 49.6 Å². The third kappa shape index (κ3) is 3.89. The van der Waals surface area contributed by atoms with E-state index in [-0.39, 0.29) is 11.9 Å². The molecule has 2 aliphatic rings. The van der Waals surface area contributed by atoms with E-state index in [1.165, 1.54) is 6.07 Å². The normalized spacial score (nSPS) is 20.2. The molecular formula is C24H29FN6O. The van der Waals surface area contributed by atoms with Gasteiger partial charge in [0.25, 0.3) is 0 Å². The van der Waals surface area contributed by atoms with Gasteiger partial charge in [-0.15, -0.1) is 5.10 Å². The molecule has 0 spiro atoms. The van der Waals surface area contributed by atoms with E-state index in [4.69, 9.17) is 9.72 Å². The summed E-state index contributed by atoms with van der Waals surface area (Å²) in [5.74, 6) is 0.460. The summed E-state index contributed by atoms with van der Waals surface area (Å²) in [6.07, 6.45) is 1.93. The smallest absolute Gasteiger partial charge is 0.158 e. The molecule has 0 unspecified atom stereocenters. The maximum absolute atomic E-state index is 14.1. The van der Waals surface area contributed by atoms with Crippen LogP contribution in [0.3, 0.4) is 0 Å². The fourth-order valence-corrected chi connectivity index (χ4v) is 4.79. The van der Waals surface area contributed by atoms with Crippen molar-refractivity contribution >= 4 is 22.4 Å². The van der Waals surface area contributed by atoms with Gasteiger partial charge in [-0.1, -0.05) is 12.1 Å². The molecule has 1 N–H and O–H groups in total. The minimum absolute atomic E-state index is 0.127. The van der Waals surface area contributed by atoms with Crippen LogP contribution >= 0.6 is 0 Å². The number of halogens is 1. The number of pyridine rings is 1. The standard InChI is InChI=1S/C24H29FN6O/c1-15-20(5-4-6-22(15)25)16(2)27-24-21-11-18(12-26-23(21)17(3)28-29-24)31-8-7-30-9-10-32-14-19(30)13-31/h4-6,11-12,16,19H,7-10,13-14H2,1-3H3,(H,27,29)/t16-,19+/m1/s1. The van der Waals surface area contributed by atoms with Crippen molar-refractivity contribution in [3.8, 4) is 0 Å². The maximum Gasteiger partial charge on any atom is 0.158 e. The number of nitrogens with zero attached hydrogens (tertiary/aromatic N) is 5. The van der Waals surface area contributed by atoms with Gasteiger partial charge >= 0.3 is 0 Å². The molecule has 4 heterocycles. The van der Waals surface area contributed by atoms with E-state index in [9.17, 15) is 4.39 Å². The highest BCUT2D eigenvalue weighted by Crippen LogP contribution is 2.30. The zero-order chi connectivity index (χ0) is 22.2. The lowest BCUT2D eigenvalue weighted by molar-refractivity contribution is -0.0116. The summed E-state index contributed by atoms with van der Waals surface area (Å²) in [5.41, 5.74) is 4.24. The number of rotatable bonds is 4. The number of nitrogens with one attached hydrogen (secondary N) is 1. The molecule has 32 heavy (non-hydrogen) atoms. The number of anilines is 2. The molecule has 1 aromatic carbocycles. The summed E-state index contributed by atoms with van der Waals surface area (Å²) in [4.78, 5) is 9.63. The second-order valence-electron chi connectivity index (χ2n) is 8.75. The van der Waals surface area contributed by atoms with E-state index in [0.717, 1.165) is 67.2 Å². The zero-order valence-corrected chi connectivity index (χ0v) is 18.8. The van der Waals surface area contributed by atoms with Gasteiger partial charge in [0.15, 0.2) is 5.82 Å². The van der Waals surface area contributed by atoms with E-state index >= 15 is 0 Å². The van der Waals surface area contributed by atoms with Crippen LogP contribution in [-0.2, 0) is 4.74 Å². The van der Waals surface area contributed by atoms with Crippen molar-refractivity contribution in [2.24, 2.45) is 0 Å². The van der Waals surface area contributed by atoms with Gasteiger partial charge in [0.1, 0.15) is 5.82 Å². The lowest BCUT2D eigenvalue weighted by Gasteiger charge is -2.44. The third-order valence-corrected chi connectivity index (χ3v) is 6.70. The van der Waals surface area contributed by atoms with Gasteiger partial charge in [0.2, 0.25) is 0 Å². The Kier molecular flexibility index (Phi) is 5.65. The first kappa shape index (κ1) is 21.0. The van der Waals surface area contributed by atoms with Gasteiger partial charge in [-0.3, -0.25) is 9.88 Å². The molecule has 2 aromatic heterocycles. The Labute approximate surface area is 187 Å². The van der Waals surface area contributed by atoms with Gasteiger partial charge in [-0.2, -0.15) is 5.10 Å². The molecule has 8 heteroatoms. The van der Waals surface area contributed by atoms with Crippen LogP contribution in [-0.4, -0.2) is 65.5 Å². The predicted molar refractivity (Wildman–Crippen MR) is 124 cm³/mol. The van der Waals surface area contributed by atoms with Crippen molar-refractivity contribution in [1.82, 2.24) is 20.1 Å². The van der Waals surface area contributed by atoms with Crippen LogP contribution in [0.25, 0.3) is 10.9 Å². The van der Waals surface area contributed by atoms with Crippen LogP contribution in [0.2, 0.25) is 0 Å². The Morgan fingerprint density at radius 3 is 2.94 bits per heavy atom. The fourth-order valence-electron chi connectivity index (χ4n) is 4.79. The van der Waals surface area contributed by atoms with Crippen molar-refractivity contribution in [3.63, 3.8) is 0 Å². The molecule has 2 atom stereocenters. The summed E-state index contributed by atoms with van der Waals surface area (Å²) >= 11 is 0. The first-order valence-electron chi connectivity index (χ1n) is 11.2. The van der Waals surface area contributed by atoms with E-state index in [1.807, 2.05) is 26.1 Å². The van der Waals surface area contributed by atoms with Gasteiger partial charge in [-0.25, -0.2) is 4.39 Å². The Morgan fingerprint density at radius 2 is 2.06 bits per heavy atom. The highest BCUT2D eigenvalue weighted by Gasteiger charge is 2.30. The van der Waals surface area contributed by atoms with E-state index in [2.05, 4.69) is 31.4 Å². The summed E-state index contributed by atoms with van der Waals surface area (Å²) in [6, 6.07) is 7.60. The molecule has 0 bridgehead atoms. The van der Waals surface area contributed by atoms with Crippen LogP contribution in [0.1, 0.15) is 29.8 Å². The predicted octanol–water partition coefficient (Wildman–Crippen LogP) is 3.47. The minimum Gasteiger partial charge on any atom is -0.378 e. The Hall–Kier alpha value is -2.84. The zero-order valence-electron chi connectivity index (χ0n) is 18.8. The van der Waals surface area contributed by atoms with Crippen molar-refractivity contribution in [1.29, 1.82) is 0 Å². The fraction of sp³-hybridized carbons (Fsp3) is 0.458. The Balaban J connectivity index is 1.46. The summed E-state index contributed by atoms with van der Waals surface area (Å²) in [7, 11) is 0. The van der Waals surface area contributed by atoms with Gasteiger partial charge in [-0.05, 0) is 44.0 Å². The summed E-state index contributed by atoms with van der Waals surface area (Å²) in [6.45, 7) is 11.3. The lowest BCUT2D eigenvalue weighted by Crippen LogP contribution is -2.58. The van der Waals surface area contributed by atoms with Crippen LogP contribution in [0.15, 0.2) is 30.5 Å². The topological polar surface area (TPSA) is 66.4 Å². The molecule has 0 amide bonds. The van der Waals surface area contributed by atoms with Gasteiger partial charge in [0, 0.05) is 31.6 Å².